The van der Waals surface area contributed by atoms with Crippen LogP contribution in [-0.4, -0.2) is 5.91 Å². The smallest absolute Gasteiger partial charge is 0.249 e. The first kappa shape index (κ1) is 12.9. The van der Waals surface area contributed by atoms with Gasteiger partial charge in [0.05, 0.1) is 0 Å². The highest BCUT2D eigenvalue weighted by molar-refractivity contribution is 6.35. The SMILES string of the molecule is NC(=O)c1cc(F)ccc1-c1cc(Cl)cc(Cl)c1. The Labute approximate surface area is 113 Å². The fraction of sp³-hybridized carbons (Fsp3) is 0. The first-order chi connectivity index (χ1) is 8.47. The second kappa shape index (κ2) is 4.96. The summed E-state index contributed by atoms with van der Waals surface area (Å²) in [4.78, 5) is 11.3. The van der Waals surface area contributed by atoms with Gasteiger partial charge in [0.1, 0.15) is 5.82 Å². The van der Waals surface area contributed by atoms with E-state index < -0.39 is 11.7 Å². The Kier molecular flexibility index (Phi) is 3.55. The van der Waals surface area contributed by atoms with Gasteiger partial charge in [0.15, 0.2) is 0 Å². The van der Waals surface area contributed by atoms with E-state index in [-0.39, 0.29) is 5.56 Å². The van der Waals surface area contributed by atoms with Gasteiger partial charge in [-0.2, -0.15) is 0 Å². The van der Waals surface area contributed by atoms with Crippen LogP contribution >= 0.6 is 23.2 Å². The van der Waals surface area contributed by atoms with Crippen molar-refractivity contribution < 1.29 is 9.18 Å². The number of amides is 1. The second-order valence-corrected chi connectivity index (χ2v) is 4.59. The molecular formula is C13H8Cl2FNO. The van der Waals surface area contributed by atoms with Gasteiger partial charge in [-0.1, -0.05) is 29.3 Å². The summed E-state index contributed by atoms with van der Waals surface area (Å²) in [5, 5.41) is 0.856. The van der Waals surface area contributed by atoms with Crippen molar-refractivity contribution in [2.45, 2.75) is 0 Å². The number of hydrogen-bond donors (Lipinski definition) is 1. The quantitative estimate of drug-likeness (QED) is 0.893. The Morgan fingerprint density at radius 1 is 1.06 bits per heavy atom. The minimum atomic E-state index is -0.708. The van der Waals surface area contributed by atoms with Gasteiger partial charge >= 0.3 is 0 Å². The van der Waals surface area contributed by atoms with E-state index in [2.05, 4.69) is 0 Å². The van der Waals surface area contributed by atoms with Gasteiger partial charge < -0.3 is 5.73 Å². The molecule has 0 saturated carbocycles. The predicted octanol–water partition coefficient (Wildman–Crippen LogP) is 3.90. The van der Waals surface area contributed by atoms with Crippen LogP contribution in [-0.2, 0) is 0 Å². The molecule has 18 heavy (non-hydrogen) atoms. The Morgan fingerprint density at radius 3 is 2.22 bits per heavy atom. The van der Waals surface area contributed by atoms with E-state index >= 15 is 0 Å². The molecule has 0 aliphatic heterocycles. The van der Waals surface area contributed by atoms with Crippen molar-refractivity contribution >= 4 is 29.1 Å². The third-order valence-corrected chi connectivity index (χ3v) is 2.86. The molecule has 0 spiro atoms. The predicted molar refractivity (Wildman–Crippen MR) is 70.4 cm³/mol. The van der Waals surface area contributed by atoms with Crippen molar-refractivity contribution in [2.75, 3.05) is 0 Å². The lowest BCUT2D eigenvalue weighted by Crippen LogP contribution is -2.12. The molecule has 5 heteroatoms. The van der Waals surface area contributed by atoms with E-state index in [0.717, 1.165) is 6.07 Å². The van der Waals surface area contributed by atoms with Crippen molar-refractivity contribution in [1.82, 2.24) is 0 Å². The first-order valence-corrected chi connectivity index (χ1v) is 5.79. The summed E-state index contributed by atoms with van der Waals surface area (Å²) in [5.41, 5.74) is 6.42. The Hall–Kier alpha value is -1.58. The number of benzene rings is 2. The highest BCUT2D eigenvalue weighted by Crippen LogP contribution is 2.29. The van der Waals surface area contributed by atoms with Gasteiger partial charge in [0.2, 0.25) is 5.91 Å². The van der Waals surface area contributed by atoms with Crippen LogP contribution in [0.2, 0.25) is 10.0 Å². The molecule has 0 unspecified atom stereocenters. The first-order valence-electron chi connectivity index (χ1n) is 5.03. The summed E-state index contributed by atoms with van der Waals surface area (Å²) in [5.74, 6) is -1.23. The maximum atomic E-state index is 13.1. The molecule has 0 aliphatic rings. The molecular weight excluding hydrogens is 276 g/mol. The number of primary amides is 1. The molecule has 0 atom stereocenters. The molecule has 2 aromatic rings. The van der Waals surface area contributed by atoms with E-state index in [1.807, 2.05) is 0 Å². The molecule has 92 valence electrons. The zero-order chi connectivity index (χ0) is 13.3. The van der Waals surface area contributed by atoms with E-state index in [1.54, 1.807) is 18.2 Å². The Morgan fingerprint density at radius 2 is 1.67 bits per heavy atom. The molecule has 0 aromatic heterocycles. The van der Waals surface area contributed by atoms with Crippen LogP contribution < -0.4 is 5.73 Å². The third kappa shape index (κ3) is 2.63. The van der Waals surface area contributed by atoms with Crippen molar-refractivity contribution in [1.29, 1.82) is 0 Å². The second-order valence-electron chi connectivity index (χ2n) is 3.71. The minimum absolute atomic E-state index is 0.0910. The fourth-order valence-corrected chi connectivity index (χ4v) is 2.21. The minimum Gasteiger partial charge on any atom is -0.366 e. The summed E-state index contributed by atoms with van der Waals surface area (Å²) >= 11 is 11.8. The van der Waals surface area contributed by atoms with Crippen LogP contribution in [0, 0.1) is 5.82 Å². The number of carbonyl (C=O) groups is 1. The standard InChI is InChI=1S/C13H8Cl2FNO/c14-8-3-7(4-9(15)5-8)11-2-1-10(16)6-12(11)13(17)18/h1-6H,(H2,17,18). The van der Waals surface area contributed by atoms with Gasteiger partial charge in [0, 0.05) is 15.6 Å². The molecule has 0 fully saturated rings. The van der Waals surface area contributed by atoms with Crippen molar-refractivity contribution in [3.63, 3.8) is 0 Å². The molecule has 2 nitrogen and oxygen atoms in total. The van der Waals surface area contributed by atoms with Gasteiger partial charge in [-0.05, 0) is 41.5 Å². The highest BCUT2D eigenvalue weighted by Gasteiger charge is 2.12. The number of hydrogen-bond acceptors (Lipinski definition) is 1. The molecule has 0 aliphatic carbocycles. The molecule has 0 radical (unpaired) electrons. The van der Waals surface area contributed by atoms with Crippen molar-refractivity contribution in [3.05, 3.63) is 57.8 Å². The maximum Gasteiger partial charge on any atom is 0.249 e. The average molecular weight is 284 g/mol. The van der Waals surface area contributed by atoms with E-state index in [9.17, 15) is 9.18 Å². The molecule has 0 heterocycles. The lowest BCUT2D eigenvalue weighted by Gasteiger charge is -2.08. The molecule has 2 rings (SSSR count). The summed E-state index contributed by atoms with van der Waals surface area (Å²) in [6.07, 6.45) is 0. The zero-order valence-corrected chi connectivity index (χ0v) is 10.6. The molecule has 2 aromatic carbocycles. The fourth-order valence-electron chi connectivity index (χ4n) is 1.68. The average Bonchev–Trinajstić information content (AvgIpc) is 2.27. The van der Waals surface area contributed by atoms with Crippen LogP contribution in [0.3, 0.4) is 0 Å². The summed E-state index contributed by atoms with van der Waals surface area (Å²) in [7, 11) is 0. The summed E-state index contributed by atoms with van der Waals surface area (Å²) in [6.45, 7) is 0. The summed E-state index contributed by atoms with van der Waals surface area (Å²) < 4.78 is 13.1. The molecule has 0 saturated heterocycles. The Bertz CT molecular complexity index is 608. The molecule has 1 amide bonds. The van der Waals surface area contributed by atoms with Crippen molar-refractivity contribution in [3.8, 4) is 11.1 Å². The Balaban J connectivity index is 2.66. The lowest BCUT2D eigenvalue weighted by atomic mass is 9.99. The van der Waals surface area contributed by atoms with Crippen LogP contribution in [0.1, 0.15) is 10.4 Å². The third-order valence-electron chi connectivity index (χ3n) is 2.42. The molecule has 0 bridgehead atoms. The summed E-state index contributed by atoms with van der Waals surface area (Å²) in [6, 6.07) is 8.64. The van der Waals surface area contributed by atoms with Crippen LogP contribution in [0.15, 0.2) is 36.4 Å². The number of nitrogens with two attached hydrogens (primary N) is 1. The van der Waals surface area contributed by atoms with Gasteiger partial charge in [-0.25, -0.2) is 4.39 Å². The monoisotopic (exact) mass is 283 g/mol. The van der Waals surface area contributed by atoms with E-state index in [1.165, 1.54) is 12.1 Å². The molecule has 2 N–H and O–H groups in total. The van der Waals surface area contributed by atoms with E-state index in [4.69, 9.17) is 28.9 Å². The lowest BCUT2D eigenvalue weighted by molar-refractivity contribution is 0.100. The largest absolute Gasteiger partial charge is 0.366 e. The number of rotatable bonds is 2. The highest BCUT2D eigenvalue weighted by atomic mass is 35.5. The van der Waals surface area contributed by atoms with Crippen molar-refractivity contribution in [2.24, 2.45) is 5.73 Å². The topological polar surface area (TPSA) is 43.1 Å². The van der Waals surface area contributed by atoms with Crippen LogP contribution in [0.5, 0.6) is 0 Å². The normalized spacial score (nSPS) is 10.4. The van der Waals surface area contributed by atoms with Crippen LogP contribution in [0.4, 0.5) is 4.39 Å². The van der Waals surface area contributed by atoms with Crippen LogP contribution in [0.25, 0.3) is 11.1 Å². The maximum absolute atomic E-state index is 13.1. The van der Waals surface area contributed by atoms with Gasteiger partial charge in [-0.3, -0.25) is 4.79 Å². The zero-order valence-electron chi connectivity index (χ0n) is 9.08. The van der Waals surface area contributed by atoms with E-state index in [0.29, 0.717) is 21.2 Å². The number of carbonyl (C=O) groups excluding carboxylic acids is 1. The van der Waals surface area contributed by atoms with Gasteiger partial charge in [-0.15, -0.1) is 0 Å². The van der Waals surface area contributed by atoms with Gasteiger partial charge in [0.25, 0.3) is 0 Å². The number of halogens is 3.